The number of aromatic nitrogens is 2. The first-order valence-corrected chi connectivity index (χ1v) is 10.5. The Morgan fingerprint density at radius 3 is 2.50 bits per heavy atom. The van der Waals surface area contributed by atoms with Gasteiger partial charge in [-0.3, -0.25) is 9.79 Å². The molecule has 2 N–H and O–H groups in total. The van der Waals surface area contributed by atoms with Gasteiger partial charge in [0.15, 0.2) is 5.96 Å². The highest BCUT2D eigenvalue weighted by Gasteiger charge is 2.23. The number of carbonyl (C=O) groups is 1. The molecule has 0 aliphatic carbocycles. The normalized spacial score (nSPS) is 12.8. The topological polar surface area (TPSA) is 74.6 Å². The average molecular weight is 544 g/mol. The van der Waals surface area contributed by atoms with Crippen LogP contribution in [0.25, 0.3) is 5.69 Å². The maximum atomic E-state index is 12.8. The fourth-order valence-corrected chi connectivity index (χ4v) is 3.99. The van der Waals surface area contributed by atoms with E-state index in [0.717, 1.165) is 41.3 Å². The second-order valence-electron chi connectivity index (χ2n) is 7.67. The van der Waals surface area contributed by atoms with Gasteiger partial charge in [0.05, 0.1) is 17.9 Å². The fraction of sp³-hybridized carbons (Fsp3) is 0.292. The van der Waals surface area contributed by atoms with E-state index in [9.17, 15) is 4.79 Å². The molecule has 0 bridgehead atoms. The summed E-state index contributed by atoms with van der Waals surface area (Å²) in [5.74, 6) is 0.625. The Hall–Kier alpha value is -2.88. The number of nitrogens with one attached hydrogen (secondary N) is 2. The zero-order chi connectivity index (χ0) is 21.8. The van der Waals surface area contributed by atoms with Crippen LogP contribution in [0.15, 0.2) is 59.6 Å². The van der Waals surface area contributed by atoms with E-state index in [-0.39, 0.29) is 36.4 Å². The van der Waals surface area contributed by atoms with Gasteiger partial charge in [-0.25, -0.2) is 4.68 Å². The Labute approximate surface area is 205 Å². The Balaban J connectivity index is 0.00000289. The van der Waals surface area contributed by atoms with E-state index in [1.807, 2.05) is 53.8 Å². The number of anilines is 1. The highest BCUT2D eigenvalue weighted by molar-refractivity contribution is 14.0. The summed E-state index contributed by atoms with van der Waals surface area (Å²) < 4.78 is 1.96. The molecular weight excluding hydrogens is 515 g/mol. The first-order chi connectivity index (χ1) is 15.1. The van der Waals surface area contributed by atoms with Crippen LogP contribution in [-0.4, -0.2) is 41.8 Å². The van der Waals surface area contributed by atoms with Crippen molar-refractivity contribution in [1.29, 1.82) is 0 Å². The second-order valence-corrected chi connectivity index (χ2v) is 7.67. The smallest absolute Gasteiger partial charge is 0.246 e. The van der Waals surface area contributed by atoms with Crippen molar-refractivity contribution >= 4 is 41.5 Å². The van der Waals surface area contributed by atoms with Crippen LogP contribution in [0.5, 0.6) is 0 Å². The molecule has 0 radical (unpaired) electrons. The molecule has 0 fully saturated rings. The van der Waals surface area contributed by atoms with Gasteiger partial charge in [0.2, 0.25) is 5.91 Å². The van der Waals surface area contributed by atoms with Crippen LogP contribution >= 0.6 is 24.0 Å². The Morgan fingerprint density at radius 2 is 1.78 bits per heavy atom. The van der Waals surface area contributed by atoms with E-state index >= 15 is 0 Å². The SMILES string of the molecule is CN=C(NCC(=O)N1CCc2ccccc21)NCc1ccccc1-n1nc(C)cc1C.I. The number of hydrogen-bond acceptors (Lipinski definition) is 3. The molecule has 3 aromatic rings. The molecule has 1 aliphatic heterocycles. The third-order valence-corrected chi connectivity index (χ3v) is 5.49. The zero-order valence-corrected chi connectivity index (χ0v) is 21.0. The molecule has 1 aliphatic rings. The molecule has 1 amide bonds. The summed E-state index contributed by atoms with van der Waals surface area (Å²) in [4.78, 5) is 18.9. The van der Waals surface area contributed by atoms with Crippen molar-refractivity contribution < 1.29 is 4.79 Å². The van der Waals surface area contributed by atoms with Crippen LogP contribution in [0.3, 0.4) is 0 Å². The van der Waals surface area contributed by atoms with Crippen molar-refractivity contribution in [3.05, 3.63) is 77.1 Å². The predicted molar refractivity (Wildman–Crippen MR) is 139 cm³/mol. The van der Waals surface area contributed by atoms with Gasteiger partial charge < -0.3 is 15.5 Å². The molecule has 168 valence electrons. The van der Waals surface area contributed by atoms with Crippen molar-refractivity contribution in [2.24, 2.45) is 4.99 Å². The summed E-state index contributed by atoms with van der Waals surface area (Å²) in [7, 11) is 1.71. The van der Waals surface area contributed by atoms with Gasteiger partial charge in [0, 0.05) is 31.5 Å². The van der Waals surface area contributed by atoms with Gasteiger partial charge in [-0.15, -0.1) is 24.0 Å². The molecule has 8 heteroatoms. The number of rotatable bonds is 5. The van der Waals surface area contributed by atoms with Gasteiger partial charge in [-0.1, -0.05) is 36.4 Å². The van der Waals surface area contributed by atoms with Crippen LogP contribution in [0, 0.1) is 13.8 Å². The molecule has 4 rings (SSSR count). The summed E-state index contributed by atoms with van der Waals surface area (Å²) in [6.07, 6.45) is 0.901. The van der Waals surface area contributed by atoms with E-state index < -0.39 is 0 Å². The number of para-hydroxylation sites is 2. The summed E-state index contributed by atoms with van der Waals surface area (Å²) in [5, 5.41) is 11.1. The van der Waals surface area contributed by atoms with Gasteiger partial charge in [-0.05, 0) is 49.6 Å². The fourth-order valence-electron chi connectivity index (χ4n) is 3.99. The number of hydrogen-bond donors (Lipinski definition) is 2. The highest BCUT2D eigenvalue weighted by Crippen LogP contribution is 2.27. The molecule has 0 saturated carbocycles. The first-order valence-electron chi connectivity index (χ1n) is 10.5. The number of fused-ring (bicyclic) bond motifs is 1. The van der Waals surface area contributed by atoms with Crippen LogP contribution in [0.2, 0.25) is 0 Å². The van der Waals surface area contributed by atoms with E-state index in [0.29, 0.717) is 12.5 Å². The van der Waals surface area contributed by atoms with Crippen molar-refractivity contribution in [2.75, 3.05) is 25.0 Å². The quantitative estimate of drug-likeness (QED) is 0.294. The minimum absolute atomic E-state index is 0. The van der Waals surface area contributed by atoms with Gasteiger partial charge in [-0.2, -0.15) is 5.10 Å². The summed E-state index contributed by atoms with van der Waals surface area (Å²) in [5.41, 5.74) is 6.43. The monoisotopic (exact) mass is 544 g/mol. The van der Waals surface area contributed by atoms with Crippen molar-refractivity contribution in [3.8, 4) is 5.69 Å². The number of guanidine groups is 1. The zero-order valence-electron chi connectivity index (χ0n) is 18.6. The van der Waals surface area contributed by atoms with Crippen LogP contribution in [0.4, 0.5) is 5.69 Å². The number of carbonyl (C=O) groups excluding carboxylic acids is 1. The summed E-state index contributed by atoms with van der Waals surface area (Å²) >= 11 is 0. The maximum Gasteiger partial charge on any atom is 0.246 e. The molecular formula is C24H29IN6O. The standard InChI is InChI=1S/C24H28N6O.HI/c1-17-14-18(2)30(28-17)22-11-7-5-9-20(22)15-26-24(25-3)27-16-23(31)29-13-12-19-8-4-6-10-21(19)29;/h4-11,14H,12-13,15-16H2,1-3H3,(H2,25,26,27);1H. The Bertz CT molecular complexity index is 1120. The van der Waals surface area contributed by atoms with E-state index in [1.165, 1.54) is 5.56 Å². The molecule has 0 spiro atoms. The van der Waals surface area contributed by atoms with Crippen molar-refractivity contribution in [3.63, 3.8) is 0 Å². The van der Waals surface area contributed by atoms with Gasteiger partial charge in [0.1, 0.15) is 0 Å². The summed E-state index contributed by atoms with van der Waals surface area (Å²) in [6, 6.07) is 18.3. The molecule has 0 atom stereocenters. The third kappa shape index (κ3) is 5.12. The van der Waals surface area contributed by atoms with Crippen LogP contribution in [-0.2, 0) is 17.8 Å². The second kappa shape index (κ2) is 10.6. The number of nitrogens with zero attached hydrogens (tertiary/aromatic N) is 4. The lowest BCUT2D eigenvalue weighted by Crippen LogP contribution is -2.44. The Morgan fingerprint density at radius 1 is 1.06 bits per heavy atom. The molecule has 7 nitrogen and oxygen atoms in total. The largest absolute Gasteiger partial charge is 0.352 e. The molecule has 0 saturated heterocycles. The molecule has 32 heavy (non-hydrogen) atoms. The molecule has 2 aromatic carbocycles. The van der Waals surface area contributed by atoms with Crippen LogP contribution in [0.1, 0.15) is 22.5 Å². The van der Waals surface area contributed by atoms with E-state index in [1.54, 1.807) is 7.05 Å². The van der Waals surface area contributed by atoms with Crippen molar-refractivity contribution in [2.45, 2.75) is 26.8 Å². The lowest BCUT2D eigenvalue weighted by Gasteiger charge is -2.19. The number of aryl methyl sites for hydroxylation is 2. The Kier molecular flexibility index (Phi) is 7.89. The first kappa shape index (κ1) is 23.8. The third-order valence-electron chi connectivity index (χ3n) is 5.49. The number of amides is 1. The van der Waals surface area contributed by atoms with Crippen molar-refractivity contribution in [1.82, 2.24) is 20.4 Å². The lowest BCUT2D eigenvalue weighted by atomic mass is 10.1. The molecule has 2 heterocycles. The van der Waals surface area contributed by atoms with E-state index in [2.05, 4.69) is 45.0 Å². The number of benzene rings is 2. The minimum atomic E-state index is 0. The highest BCUT2D eigenvalue weighted by atomic mass is 127. The summed E-state index contributed by atoms with van der Waals surface area (Å²) in [6.45, 7) is 5.52. The lowest BCUT2D eigenvalue weighted by molar-refractivity contribution is -0.117. The van der Waals surface area contributed by atoms with Gasteiger partial charge >= 0.3 is 0 Å². The minimum Gasteiger partial charge on any atom is -0.352 e. The molecule has 0 unspecified atom stereocenters. The maximum absolute atomic E-state index is 12.8. The molecule has 1 aromatic heterocycles. The van der Waals surface area contributed by atoms with Crippen LogP contribution < -0.4 is 15.5 Å². The average Bonchev–Trinajstić information content (AvgIpc) is 3.36. The number of aliphatic imine (C=N–C) groups is 1. The van der Waals surface area contributed by atoms with Gasteiger partial charge in [0.25, 0.3) is 0 Å². The predicted octanol–water partition coefficient (Wildman–Crippen LogP) is 3.36. The van der Waals surface area contributed by atoms with E-state index in [4.69, 9.17) is 0 Å². The number of halogens is 1.